The summed E-state index contributed by atoms with van der Waals surface area (Å²) in [7, 11) is 0. The van der Waals surface area contributed by atoms with Crippen molar-refractivity contribution in [2.45, 2.75) is 26.2 Å². The largest absolute Gasteiger partial charge is 0.436 e. The van der Waals surface area contributed by atoms with Gasteiger partial charge in [0.25, 0.3) is 5.91 Å². The molecule has 2 heterocycles. The number of oxazole rings is 1. The first-order valence-electron chi connectivity index (χ1n) is 9.00. The molecular weight excluding hydrogens is 356 g/mol. The van der Waals surface area contributed by atoms with Crippen LogP contribution in [0.5, 0.6) is 0 Å². The fourth-order valence-electron chi connectivity index (χ4n) is 2.91. The van der Waals surface area contributed by atoms with Crippen LogP contribution in [0, 0.1) is 0 Å². The van der Waals surface area contributed by atoms with Gasteiger partial charge in [-0.15, -0.1) is 11.3 Å². The van der Waals surface area contributed by atoms with Crippen molar-refractivity contribution < 1.29 is 9.21 Å². The van der Waals surface area contributed by atoms with Crippen LogP contribution in [0.3, 0.4) is 0 Å². The molecule has 4 aromatic rings. The van der Waals surface area contributed by atoms with Gasteiger partial charge in [-0.05, 0) is 65.7 Å². The van der Waals surface area contributed by atoms with Crippen molar-refractivity contribution in [1.29, 1.82) is 0 Å². The van der Waals surface area contributed by atoms with Crippen molar-refractivity contribution in [3.63, 3.8) is 0 Å². The van der Waals surface area contributed by atoms with E-state index in [4.69, 9.17) is 4.42 Å². The highest BCUT2D eigenvalue weighted by atomic mass is 32.1. The van der Waals surface area contributed by atoms with Crippen molar-refractivity contribution in [3.05, 3.63) is 70.4 Å². The Labute approximate surface area is 161 Å². The molecule has 0 spiro atoms. The average molecular weight is 376 g/mol. The Bertz CT molecular complexity index is 1070. The second-order valence-corrected chi connectivity index (χ2v) is 7.51. The van der Waals surface area contributed by atoms with Crippen LogP contribution in [0.4, 0.5) is 5.69 Å². The summed E-state index contributed by atoms with van der Waals surface area (Å²) in [5, 5.41) is 4.78. The van der Waals surface area contributed by atoms with Crippen LogP contribution in [0.1, 0.15) is 41.4 Å². The fraction of sp³-hybridized carbons (Fsp3) is 0.182. The molecule has 1 atom stereocenters. The summed E-state index contributed by atoms with van der Waals surface area (Å²) in [6.45, 7) is 4.40. The van der Waals surface area contributed by atoms with Crippen LogP contribution < -0.4 is 5.32 Å². The average Bonchev–Trinajstić information content (AvgIpc) is 3.37. The van der Waals surface area contributed by atoms with Gasteiger partial charge in [0.15, 0.2) is 5.58 Å². The third-order valence-corrected chi connectivity index (χ3v) is 5.60. The summed E-state index contributed by atoms with van der Waals surface area (Å²) in [6, 6.07) is 17.4. The number of nitrogens with zero attached hydrogens (tertiary/aromatic N) is 1. The lowest BCUT2D eigenvalue weighted by atomic mass is 9.98. The molecule has 1 unspecified atom stereocenters. The highest BCUT2D eigenvalue weighted by Gasteiger charge is 2.12. The Kier molecular flexibility index (Phi) is 4.77. The normalized spacial score (nSPS) is 12.2. The Morgan fingerprint density at radius 1 is 1.19 bits per heavy atom. The van der Waals surface area contributed by atoms with E-state index in [1.54, 1.807) is 6.07 Å². The van der Waals surface area contributed by atoms with Gasteiger partial charge in [0, 0.05) is 11.3 Å². The molecule has 4 nitrogen and oxygen atoms in total. The number of carbonyl (C=O) groups is 1. The second kappa shape index (κ2) is 7.37. The number of hydrogen-bond donors (Lipinski definition) is 1. The van der Waals surface area contributed by atoms with Crippen molar-refractivity contribution in [2.24, 2.45) is 0 Å². The summed E-state index contributed by atoms with van der Waals surface area (Å²) in [6.07, 6.45) is 1.09. The SMILES string of the molecule is CCC(C)c1ccc2oc(-c3ccc(NC(=O)c4cccs4)cc3)nc2c1. The minimum absolute atomic E-state index is 0.0998. The second-order valence-electron chi connectivity index (χ2n) is 6.56. The number of benzene rings is 2. The van der Waals surface area contributed by atoms with Gasteiger partial charge in [-0.1, -0.05) is 26.0 Å². The third-order valence-electron chi connectivity index (χ3n) is 4.73. The number of amides is 1. The summed E-state index contributed by atoms with van der Waals surface area (Å²) < 4.78 is 5.91. The quantitative estimate of drug-likeness (QED) is 0.443. The number of aromatic nitrogens is 1. The third kappa shape index (κ3) is 3.64. The number of fused-ring (bicyclic) bond motifs is 1. The van der Waals surface area contributed by atoms with E-state index in [0.29, 0.717) is 16.7 Å². The predicted octanol–water partition coefficient (Wildman–Crippen LogP) is 6.32. The molecule has 1 N–H and O–H groups in total. The Hall–Kier alpha value is -2.92. The highest BCUT2D eigenvalue weighted by molar-refractivity contribution is 7.12. The molecule has 0 radical (unpaired) electrons. The van der Waals surface area contributed by atoms with E-state index in [-0.39, 0.29) is 5.91 Å². The molecule has 2 aromatic heterocycles. The fourth-order valence-corrected chi connectivity index (χ4v) is 3.53. The number of rotatable bonds is 5. The number of anilines is 1. The van der Waals surface area contributed by atoms with Crippen molar-refractivity contribution in [1.82, 2.24) is 4.98 Å². The molecule has 2 aromatic carbocycles. The molecule has 5 heteroatoms. The summed E-state index contributed by atoms with van der Waals surface area (Å²) in [4.78, 5) is 17.5. The van der Waals surface area contributed by atoms with Gasteiger partial charge in [0.05, 0.1) is 4.88 Å². The zero-order chi connectivity index (χ0) is 18.8. The van der Waals surface area contributed by atoms with Crippen molar-refractivity contribution in [3.8, 4) is 11.5 Å². The monoisotopic (exact) mass is 376 g/mol. The molecule has 0 aliphatic heterocycles. The van der Waals surface area contributed by atoms with E-state index in [9.17, 15) is 4.79 Å². The first-order valence-corrected chi connectivity index (χ1v) is 9.88. The maximum Gasteiger partial charge on any atom is 0.265 e. The lowest BCUT2D eigenvalue weighted by molar-refractivity contribution is 0.103. The molecular formula is C22H20N2O2S. The Balaban J connectivity index is 1.55. The zero-order valence-electron chi connectivity index (χ0n) is 15.2. The standard InChI is InChI=1S/C22H20N2O2S/c1-3-14(2)16-8-11-19-18(13-16)24-22(26-19)15-6-9-17(10-7-15)23-21(25)20-5-4-12-27-20/h4-14H,3H2,1-2H3,(H,23,25). The van der Waals surface area contributed by atoms with Crippen molar-refractivity contribution >= 4 is 34.0 Å². The maximum atomic E-state index is 12.1. The Morgan fingerprint density at radius 2 is 2.00 bits per heavy atom. The van der Waals surface area contributed by atoms with Gasteiger partial charge in [-0.2, -0.15) is 0 Å². The molecule has 0 bridgehead atoms. The van der Waals surface area contributed by atoms with Crippen LogP contribution in [0.2, 0.25) is 0 Å². The van der Waals surface area contributed by atoms with Crippen LogP contribution in [-0.4, -0.2) is 10.9 Å². The van der Waals surface area contributed by atoms with Crippen LogP contribution in [0.15, 0.2) is 64.4 Å². The van der Waals surface area contributed by atoms with Gasteiger partial charge in [0.1, 0.15) is 5.52 Å². The number of hydrogen-bond acceptors (Lipinski definition) is 4. The van der Waals surface area contributed by atoms with E-state index < -0.39 is 0 Å². The van der Waals surface area contributed by atoms with Crippen LogP contribution >= 0.6 is 11.3 Å². The van der Waals surface area contributed by atoms with E-state index >= 15 is 0 Å². The van der Waals surface area contributed by atoms with E-state index in [1.165, 1.54) is 16.9 Å². The lowest BCUT2D eigenvalue weighted by Gasteiger charge is -2.07. The first kappa shape index (κ1) is 17.5. The van der Waals surface area contributed by atoms with E-state index in [0.717, 1.165) is 28.8 Å². The highest BCUT2D eigenvalue weighted by Crippen LogP contribution is 2.28. The first-order chi connectivity index (χ1) is 13.1. The predicted molar refractivity (Wildman–Crippen MR) is 110 cm³/mol. The number of nitrogens with one attached hydrogen (secondary N) is 1. The molecule has 0 saturated heterocycles. The molecule has 0 fully saturated rings. The minimum atomic E-state index is -0.0998. The lowest BCUT2D eigenvalue weighted by Crippen LogP contribution is -2.09. The summed E-state index contributed by atoms with van der Waals surface area (Å²) in [5.41, 5.74) is 4.55. The van der Waals surface area contributed by atoms with Gasteiger partial charge in [-0.25, -0.2) is 4.98 Å². The van der Waals surface area contributed by atoms with Gasteiger partial charge in [-0.3, -0.25) is 4.79 Å². The maximum absolute atomic E-state index is 12.1. The minimum Gasteiger partial charge on any atom is -0.436 e. The van der Waals surface area contributed by atoms with Crippen molar-refractivity contribution in [2.75, 3.05) is 5.32 Å². The van der Waals surface area contributed by atoms with Gasteiger partial charge in [0.2, 0.25) is 5.89 Å². The van der Waals surface area contributed by atoms with E-state index in [2.05, 4.69) is 36.3 Å². The summed E-state index contributed by atoms with van der Waals surface area (Å²) >= 11 is 1.42. The Morgan fingerprint density at radius 3 is 2.70 bits per heavy atom. The van der Waals surface area contributed by atoms with Gasteiger partial charge >= 0.3 is 0 Å². The van der Waals surface area contributed by atoms with Crippen LogP contribution in [0.25, 0.3) is 22.6 Å². The molecule has 1 amide bonds. The molecule has 4 rings (SSSR count). The van der Waals surface area contributed by atoms with E-state index in [1.807, 2.05) is 41.8 Å². The topological polar surface area (TPSA) is 55.1 Å². The summed E-state index contributed by atoms with van der Waals surface area (Å²) in [5.74, 6) is 0.986. The number of thiophene rings is 1. The zero-order valence-corrected chi connectivity index (χ0v) is 16.0. The smallest absolute Gasteiger partial charge is 0.265 e. The number of carbonyl (C=O) groups excluding carboxylic acids is 1. The molecule has 0 saturated carbocycles. The molecule has 136 valence electrons. The molecule has 27 heavy (non-hydrogen) atoms. The van der Waals surface area contributed by atoms with Gasteiger partial charge < -0.3 is 9.73 Å². The molecule has 0 aliphatic rings. The molecule has 0 aliphatic carbocycles. The van der Waals surface area contributed by atoms with Crippen LogP contribution in [-0.2, 0) is 0 Å².